The molecule has 1 aliphatic carbocycles. The van der Waals surface area contributed by atoms with Crippen LogP contribution < -0.4 is 5.32 Å². The molecular formula is C11H21NO2. The first-order chi connectivity index (χ1) is 6.31. The Morgan fingerprint density at radius 1 is 1.43 bits per heavy atom. The SMILES string of the molecule is CC1(NCCC(=O)OC(C)(C)C)CC1. The molecule has 0 aromatic rings. The van der Waals surface area contributed by atoms with Crippen molar-refractivity contribution >= 4 is 5.97 Å². The predicted octanol–water partition coefficient (Wildman–Crippen LogP) is 1.86. The van der Waals surface area contributed by atoms with Gasteiger partial charge < -0.3 is 10.1 Å². The highest BCUT2D eigenvalue weighted by atomic mass is 16.6. The van der Waals surface area contributed by atoms with E-state index in [9.17, 15) is 4.79 Å². The lowest BCUT2D eigenvalue weighted by Crippen LogP contribution is -2.32. The fourth-order valence-corrected chi connectivity index (χ4v) is 1.22. The highest BCUT2D eigenvalue weighted by Crippen LogP contribution is 2.33. The average Bonchev–Trinajstić information content (AvgIpc) is 2.64. The number of hydrogen-bond acceptors (Lipinski definition) is 3. The van der Waals surface area contributed by atoms with Gasteiger partial charge in [0.25, 0.3) is 0 Å². The van der Waals surface area contributed by atoms with Crippen LogP contribution >= 0.6 is 0 Å². The second-order valence-electron chi connectivity index (χ2n) is 5.32. The van der Waals surface area contributed by atoms with Crippen molar-refractivity contribution < 1.29 is 9.53 Å². The van der Waals surface area contributed by atoms with Gasteiger partial charge in [-0.3, -0.25) is 4.79 Å². The molecule has 3 heteroatoms. The Morgan fingerprint density at radius 2 is 2.00 bits per heavy atom. The second-order valence-corrected chi connectivity index (χ2v) is 5.32. The summed E-state index contributed by atoms with van der Waals surface area (Å²) in [4.78, 5) is 11.3. The average molecular weight is 199 g/mol. The van der Waals surface area contributed by atoms with E-state index in [2.05, 4.69) is 12.2 Å². The highest BCUT2D eigenvalue weighted by molar-refractivity contribution is 5.70. The molecule has 0 bridgehead atoms. The Kier molecular flexibility index (Phi) is 3.20. The van der Waals surface area contributed by atoms with E-state index in [0.717, 1.165) is 6.54 Å². The Labute approximate surface area is 86.2 Å². The van der Waals surface area contributed by atoms with E-state index in [0.29, 0.717) is 12.0 Å². The van der Waals surface area contributed by atoms with Crippen LogP contribution in [0.3, 0.4) is 0 Å². The molecule has 0 amide bonds. The summed E-state index contributed by atoms with van der Waals surface area (Å²) in [6.07, 6.45) is 2.91. The van der Waals surface area contributed by atoms with Gasteiger partial charge in [0.1, 0.15) is 5.60 Å². The van der Waals surface area contributed by atoms with E-state index in [1.807, 2.05) is 20.8 Å². The van der Waals surface area contributed by atoms with Gasteiger partial charge in [-0.25, -0.2) is 0 Å². The van der Waals surface area contributed by atoms with Gasteiger partial charge in [0.2, 0.25) is 0 Å². The maximum atomic E-state index is 11.3. The monoisotopic (exact) mass is 199 g/mol. The topological polar surface area (TPSA) is 38.3 Å². The lowest BCUT2D eigenvalue weighted by atomic mass is 10.2. The fourth-order valence-electron chi connectivity index (χ4n) is 1.22. The van der Waals surface area contributed by atoms with E-state index in [1.54, 1.807) is 0 Å². The largest absolute Gasteiger partial charge is 0.460 e. The summed E-state index contributed by atoms with van der Waals surface area (Å²) in [6.45, 7) is 8.58. The molecule has 1 fully saturated rings. The first-order valence-electron chi connectivity index (χ1n) is 5.28. The molecule has 0 spiro atoms. The van der Waals surface area contributed by atoms with Crippen molar-refractivity contribution in [2.24, 2.45) is 0 Å². The summed E-state index contributed by atoms with van der Waals surface area (Å²) in [7, 11) is 0. The molecule has 0 aromatic heterocycles. The third-order valence-electron chi connectivity index (χ3n) is 2.30. The second kappa shape index (κ2) is 3.89. The van der Waals surface area contributed by atoms with E-state index in [1.165, 1.54) is 12.8 Å². The first-order valence-corrected chi connectivity index (χ1v) is 5.28. The van der Waals surface area contributed by atoms with Crippen molar-refractivity contribution in [2.45, 2.75) is 58.1 Å². The van der Waals surface area contributed by atoms with Crippen LogP contribution in [0.15, 0.2) is 0 Å². The molecule has 82 valence electrons. The van der Waals surface area contributed by atoms with E-state index in [4.69, 9.17) is 4.74 Å². The highest BCUT2D eigenvalue weighted by Gasteiger charge is 2.36. The van der Waals surface area contributed by atoms with Crippen molar-refractivity contribution in [2.75, 3.05) is 6.54 Å². The van der Waals surface area contributed by atoms with Crippen LogP contribution in [0.4, 0.5) is 0 Å². The normalized spacial score (nSPS) is 19.1. The number of nitrogens with one attached hydrogen (secondary N) is 1. The molecule has 1 N–H and O–H groups in total. The number of carbonyl (C=O) groups excluding carboxylic acids is 1. The number of ether oxygens (including phenoxy) is 1. The number of rotatable bonds is 4. The molecule has 1 saturated carbocycles. The Hall–Kier alpha value is -0.570. The van der Waals surface area contributed by atoms with Gasteiger partial charge in [-0.2, -0.15) is 0 Å². The van der Waals surface area contributed by atoms with Crippen molar-refractivity contribution in [1.82, 2.24) is 5.32 Å². The zero-order valence-electron chi connectivity index (χ0n) is 9.64. The minimum atomic E-state index is -0.361. The lowest BCUT2D eigenvalue weighted by Gasteiger charge is -2.20. The Balaban J connectivity index is 2.09. The van der Waals surface area contributed by atoms with Crippen LogP contribution in [0.2, 0.25) is 0 Å². The number of esters is 1. The predicted molar refractivity (Wildman–Crippen MR) is 56.1 cm³/mol. The molecule has 3 nitrogen and oxygen atoms in total. The minimum absolute atomic E-state index is 0.116. The maximum absolute atomic E-state index is 11.3. The fraction of sp³-hybridized carbons (Fsp3) is 0.909. The summed E-state index contributed by atoms with van der Waals surface area (Å²) in [6, 6.07) is 0. The van der Waals surface area contributed by atoms with Gasteiger partial charge in [-0.1, -0.05) is 0 Å². The van der Waals surface area contributed by atoms with Gasteiger partial charge in [-0.05, 0) is 40.5 Å². The van der Waals surface area contributed by atoms with Crippen molar-refractivity contribution in [3.8, 4) is 0 Å². The maximum Gasteiger partial charge on any atom is 0.307 e. The zero-order valence-corrected chi connectivity index (χ0v) is 9.64. The minimum Gasteiger partial charge on any atom is -0.460 e. The number of hydrogen-bond donors (Lipinski definition) is 1. The lowest BCUT2D eigenvalue weighted by molar-refractivity contribution is -0.154. The van der Waals surface area contributed by atoms with Crippen LogP contribution in [0.1, 0.15) is 47.0 Å². The smallest absolute Gasteiger partial charge is 0.307 e. The summed E-state index contributed by atoms with van der Waals surface area (Å²) < 4.78 is 5.19. The molecule has 14 heavy (non-hydrogen) atoms. The zero-order chi connectivity index (χ0) is 10.8. The summed E-state index contributed by atoms with van der Waals surface area (Å²) in [5, 5.41) is 3.35. The van der Waals surface area contributed by atoms with Gasteiger partial charge in [0, 0.05) is 12.1 Å². The summed E-state index contributed by atoms with van der Waals surface area (Å²) >= 11 is 0. The molecule has 0 aliphatic heterocycles. The van der Waals surface area contributed by atoms with Crippen molar-refractivity contribution in [3.63, 3.8) is 0 Å². The third kappa shape index (κ3) is 4.61. The van der Waals surface area contributed by atoms with Gasteiger partial charge >= 0.3 is 5.97 Å². The van der Waals surface area contributed by atoms with Crippen LogP contribution in [0, 0.1) is 0 Å². The standard InChI is InChI=1S/C11H21NO2/c1-10(2,3)14-9(13)5-8-12-11(4)6-7-11/h12H,5-8H2,1-4H3. The van der Waals surface area contributed by atoms with Crippen LogP contribution in [-0.4, -0.2) is 23.7 Å². The Morgan fingerprint density at radius 3 is 2.43 bits per heavy atom. The number of carbonyl (C=O) groups is 1. The molecular weight excluding hydrogens is 178 g/mol. The molecule has 1 rings (SSSR count). The molecule has 0 heterocycles. The van der Waals surface area contributed by atoms with Crippen LogP contribution in [-0.2, 0) is 9.53 Å². The quantitative estimate of drug-likeness (QED) is 0.702. The van der Waals surface area contributed by atoms with E-state index in [-0.39, 0.29) is 11.6 Å². The first kappa shape index (κ1) is 11.5. The third-order valence-corrected chi connectivity index (χ3v) is 2.30. The van der Waals surface area contributed by atoms with Crippen molar-refractivity contribution in [1.29, 1.82) is 0 Å². The molecule has 0 atom stereocenters. The van der Waals surface area contributed by atoms with Crippen molar-refractivity contribution in [3.05, 3.63) is 0 Å². The molecule has 0 saturated heterocycles. The molecule has 1 aliphatic rings. The van der Waals surface area contributed by atoms with Gasteiger partial charge in [0.05, 0.1) is 6.42 Å². The summed E-state index contributed by atoms with van der Waals surface area (Å²) in [5.41, 5.74) is -0.0530. The van der Waals surface area contributed by atoms with E-state index < -0.39 is 0 Å². The van der Waals surface area contributed by atoms with Gasteiger partial charge in [0.15, 0.2) is 0 Å². The molecule has 0 aromatic carbocycles. The van der Waals surface area contributed by atoms with E-state index >= 15 is 0 Å². The van der Waals surface area contributed by atoms with Crippen LogP contribution in [0.5, 0.6) is 0 Å². The Bertz CT molecular complexity index is 214. The molecule has 0 radical (unpaired) electrons. The van der Waals surface area contributed by atoms with Gasteiger partial charge in [-0.15, -0.1) is 0 Å². The van der Waals surface area contributed by atoms with Crippen LogP contribution in [0.25, 0.3) is 0 Å². The summed E-state index contributed by atoms with van der Waals surface area (Å²) in [5.74, 6) is -0.116. The molecule has 0 unspecified atom stereocenters.